The average molecular weight is 285 g/mol. The highest BCUT2D eigenvalue weighted by atomic mass is 35.5. The number of benzene rings is 1. The topological polar surface area (TPSA) is 43.8 Å². The summed E-state index contributed by atoms with van der Waals surface area (Å²) in [6.45, 7) is 4.64. The molecule has 1 rings (SSSR count). The van der Waals surface area contributed by atoms with Crippen LogP contribution in [0, 0.1) is 0 Å². The van der Waals surface area contributed by atoms with Gasteiger partial charge in [-0.15, -0.1) is 0 Å². The number of anilines is 1. The van der Waals surface area contributed by atoms with Crippen LogP contribution in [0.3, 0.4) is 0 Å². The summed E-state index contributed by atoms with van der Waals surface area (Å²) in [7, 11) is 3.46. The molecule has 5 heteroatoms. The fourth-order valence-electron chi connectivity index (χ4n) is 1.71. The Labute approximate surface area is 119 Å². The summed E-state index contributed by atoms with van der Waals surface area (Å²) in [4.78, 5) is 15.2. The first-order valence-corrected chi connectivity index (χ1v) is 6.67. The van der Waals surface area contributed by atoms with E-state index in [1.807, 2.05) is 24.0 Å². The lowest BCUT2D eigenvalue weighted by molar-refractivity contribution is -0.127. The number of aliphatic hydroxyl groups is 1. The SMILES string of the molecule is CCN(CC(=O)N(C)C)c1ccc(C(C)O)cc1Cl. The first kappa shape index (κ1) is 15.8. The van der Waals surface area contributed by atoms with Gasteiger partial charge in [-0.05, 0) is 31.5 Å². The first-order chi connectivity index (χ1) is 8.86. The number of likely N-dealkylation sites (N-methyl/N-ethyl adjacent to an activating group) is 2. The number of carbonyl (C=O) groups excluding carboxylic acids is 1. The number of nitrogens with zero attached hydrogens (tertiary/aromatic N) is 2. The minimum atomic E-state index is -0.551. The Morgan fingerprint density at radius 3 is 2.47 bits per heavy atom. The Morgan fingerprint density at radius 2 is 2.05 bits per heavy atom. The predicted molar refractivity (Wildman–Crippen MR) is 78.7 cm³/mol. The number of amides is 1. The zero-order valence-electron chi connectivity index (χ0n) is 11.9. The van der Waals surface area contributed by atoms with E-state index in [1.165, 1.54) is 0 Å². The van der Waals surface area contributed by atoms with Gasteiger partial charge < -0.3 is 14.9 Å². The summed E-state index contributed by atoms with van der Waals surface area (Å²) in [6.07, 6.45) is -0.551. The third-order valence-electron chi connectivity index (χ3n) is 3.00. The van der Waals surface area contributed by atoms with E-state index >= 15 is 0 Å². The smallest absolute Gasteiger partial charge is 0.241 e. The van der Waals surface area contributed by atoms with Crippen molar-refractivity contribution in [1.82, 2.24) is 4.90 Å². The molecular formula is C14H21ClN2O2. The third kappa shape index (κ3) is 4.11. The van der Waals surface area contributed by atoms with Crippen LogP contribution in [0.2, 0.25) is 5.02 Å². The van der Waals surface area contributed by atoms with Crippen LogP contribution in [-0.4, -0.2) is 43.1 Å². The van der Waals surface area contributed by atoms with Crippen LogP contribution in [0.15, 0.2) is 18.2 Å². The molecule has 4 nitrogen and oxygen atoms in total. The lowest BCUT2D eigenvalue weighted by Crippen LogP contribution is -2.36. The molecule has 0 saturated carbocycles. The van der Waals surface area contributed by atoms with Crippen molar-refractivity contribution < 1.29 is 9.90 Å². The Hall–Kier alpha value is -1.26. The van der Waals surface area contributed by atoms with E-state index in [0.29, 0.717) is 11.6 Å². The van der Waals surface area contributed by atoms with Gasteiger partial charge in [0.05, 0.1) is 23.4 Å². The molecule has 106 valence electrons. The lowest BCUT2D eigenvalue weighted by atomic mass is 10.1. The van der Waals surface area contributed by atoms with Gasteiger partial charge in [0, 0.05) is 20.6 Å². The van der Waals surface area contributed by atoms with Crippen LogP contribution in [0.5, 0.6) is 0 Å². The minimum Gasteiger partial charge on any atom is -0.389 e. The highest BCUT2D eigenvalue weighted by Gasteiger charge is 2.15. The van der Waals surface area contributed by atoms with E-state index in [0.717, 1.165) is 11.3 Å². The summed E-state index contributed by atoms with van der Waals surface area (Å²) in [6, 6.07) is 5.41. The van der Waals surface area contributed by atoms with Gasteiger partial charge in [0.25, 0.3) is 0 Å². The maximum Gasteiger partial charge on any atom is 0.241 e. The maximum atomic E-state index is 11.8. The zero-order chi connectivity index (χ0) is 14.6. The summed E-state index contributed by atoms with van der Waals surface area (Å²) in [5.41, 5.74) is 1.58. The van der Waals surface area contributed by atoms with Crippen molar-refractivity contribution in [2.75, 3.05) is 32.1 Å². The number of hydrogen-bond acceptors (Lipinski definition) is 3. The predicted octanol–water partition coefficient (Wildman–Crippen LogP) is 2.31. The van der Waals surface area contributed by atoms with Gasteiger partial charge in [-0.1, -0.05) is 17.7 Å². The Balaban J connectivity index is 2.96. The number of hydrogen-bond donors (Lipinski definition) is 1. The molecule has 0 radical (unpaired) electrons. The molecule has 0 bridgehead atoms. The Bertz CT molecular complexity index is 447. The Morgan fingerprint density at radius 1 is 1.42 bits per heavy atom. The summed E-state index contributed by atoms with van der Waals surface area (Å²) < 4.78 is 0. The van der Waals surface area contributed by atoms with Gasteiger partial charge in [0.2, 0.25) is 5.91 Å². The van der Waals surface area contributed by atoms with E-state index in [9.17, 15) is 9.90 Å². The summed E-state index contributed by atoms with van der Waals surface area (Å²) in [5, 5.41) is 10.1. The van der Waals surface area contributed by atoms with Gasteiger partial charge in [-0.25, -0.2) is 0 Å². The average Bonchev–Trinajstić information content (AvgIpc) is 2.35. The van der Waals surface area contributed by atoms with E-state index in [1.54, 1.807) is 32.0 Å². The largest absolute Gasteiger partial charge is 0.389 e. The van der Waals surface area contributed by atoms with Crippen molar-refractivity contribution in [2.24, 2.45) is 0 Å². The molecule has 1 aromatic rings. The molecule has 0 aliphatic heterocycles. The molecule has 0 heterocycles. The van der Waals surface area contributed by atoms with Crippen LogP contribution in [0.25, 0.3) is 0 Å². The van der Waals surface area contributed by atoms with Crippen molar-refractivity contribution in [3.63, 3.8) is 0 Å². The van der Waals surface area contributed by atoms with Gasteiger partial charge in [-0.2, -0.15) is 0 Å². The van der Waals surface area contributed by atoms with Crippen molar-refractivity contribution in [3.05, 3.63) is 28.8 Å². The molecule has 1 aromatic carbocycles. The third-order valence-corrected chi connectivity index (χ3v) is 3.30. The Kier molecular flexibility index (Phi) is 5.63. The molecular weight excluding hydrogens is 264 g/mol. The molecule has 0 aliphatic carbocycles. The number of aliphatic hydroxyl groups excluding tert-OH is 1. The van der Waals surface area contributed by atoms with Crippen molar-refractivity contribution in [3.8, 4) is 0 Å². The molecule has 0 saturated heterocycles. The van der Waals surface area contributed by atoms with Gasteiger partial charge >= 0.3 is 0 Å². The highest BCUT2D eigenvalue weighted by molar-refractivity contribution is 6.33. The van der Waals surface area contributed by atoms with E-state index in [-0.39, 0.29) is 12.5 Å². The molecule has 0 aromatic heterocycles. The lowest BCUT2D eigenvalue weighted by Gasteiger charge is -2.25. The van der Waals surface area contributed by atoms with Crippen molar-refractivity contribution >= 4 is 23.2 Å². The maximum absolute atomic E-state index is 11.8. The summed E-state index contributed by atoms with van der Waals surface area (Å²) in [5.74, 6) is 0.0255. The highest BCUT2D eigenvalue weighted by Crippen LogP contribution is 2.28. The summed E-state index contributed by atoms with van der Waals surface area (Å²) >= 11 is 6.23. The van der Waals surface area contributed by atoms with E-state index in [4.69, 9.17) is 11.6 Å². The van der Waals surface area contributed by atoms with Crippen LogP contribution >= 0.6 is 11.6 Å². The van der Waals surface area contributed by atoms with Crippen LogP contribution in [0.4, 0.5) is 5.69 Å². The monoisotopic (exact) mass is 284 g/mol. The normalized spacial score (nSPS) is 12.1. The molecule has 1 atom stereocenters. The quantitative estimate of drug-likeness (QED) is 0.902. The van der Waals surface area contributed by atoms with Gasteiger partial charge in [0.15, 0.2) is 0 Å². The second-order valence-corrected chi connectivity index (χ2v) is 5.10. The number of rotatable bonds is 5. The van der Waals surface area contributed by atoms with Crippen LogP contribution < -0.4 is 4.90 Å². The number of carbonyl (C=O) groups is 1. The second kappa shape index (κ2) is 6.78. The van der Waals surface area contributed by atoms with Gasteiger partial charge in [-0.3, -0.25) is 4.79 Å². The minimum absolute atomic E-state index is 0.0255. The van der Waals surface area contributed by atoms with Crippen LogP contribution in [0.1, 0.15) is 25.5 Å². The second-order valence-electron chi connectivity index (χ2n) is 4.69. The standard InChI is InChI=1S/C14H21ClN2O2/c1-5-17(9-14(19)16(3)4)13-7-6-11(10(2)18)8-12(13)15/h6-8,10,18H,5,9H2,1-4H3. The fourth-order valence-corrected chi connectivity index (χ4v) is 2.02. The van der Waals surface area contributed by atoms with Gasteiger partial charge in [0.1, 0.15) is 0 Å². The van der Waals surface area contributed by atoms with Crippen molar-refractivity contribution in [1.29, 1.82) is 0 Å². The first-order valence-electron chi connectivity index (χ1n) is 6.29. The van der Waals surface area contributed by atoms with E-state index in [2.05, 4.69) is 0 Å². The number of halogens is 1. The molecule has 0 spiro atoms. The molecule has 0 fully saturated rings. The molecule has 1 amide bonds. The fraction of sp³-hybridized carbons (Fsp3) is 0.500. The van der Waals surface area contributed by atoms with Crippen molar-refractivity contribution in [2.45, 2.75) is 20.0 Å². The molecule has 0 aliphatic rings. The molecule has 19 heavy (non-hydrogen) atoms. The van der Waals surface area contributed by atoms with Crippen LogP contribution in [-0.2, 0) is 4.79 Å². The molecule has 1 unspecified atom stereocenters. The van der Waals surface area contributed by atoms with E-state index < -0.39 is 6.10 Å². The molecule has 1 N–H and O–H groups in total. The zero-order valence-corrected chi connectivity index (χ0v) is 12.6.